The first kappa shape index (κ1) is 24.6. The molecule has 3 rings (SSSR count). The fourth-order valence-corrected chi connectivity index (χ4v) is 3.93. The van der Waals surface area contributed by atoms with Gasteiger partial charge in [0.25, 0.3) is 0 Å². The number of halogens is 2. The number of anilines is 1. The largest absolute Gasteiger partial charge is 0.480 e. The molecule has 0 radical (unpaired) electrons. The molecule has 2 heterocycles. The highest BCUT2D eigenvalue weighted by Crippen LogP contribution is 2.31. The maximum Gasteiger partial charge on any atom is 0.323 e. The highest BCUT2D eigenvalue weighted by Gasteiger charge is 2.39. The molecule has 0 unspecified atom stereocenters. The first-order valence-electron chi connectivity index (χ1n) is 9.40. The summed E-state index contributed by atoms with van der Waals surface area (Å²) in [7, 11) is 0. The van der Waals surface area contributed by atoms with E-state index < -0.39 is 11.5 Å². The molecule has 1 aliphatic carbocycles. The molecule has 1 aliphatic heterocycles. The van der Waals surface area contributed by atoms with Crippen molar-refractivity contribution in [3.8, 4) is 0 Å². The Hall–Kier alpha value is -1.41. The van der Waals surface area contributed by atoms with Crippen LogP contribution in [0.3, 0.4) is 0 Å². The van der Waals surface area contributed by atoms with Crippen LogP contribution in [0.2, 0.25) is 0 Å². The van der Waals surface area contributed by atoms with Crippen LogP contribution >= 0.6 is 24.8 Å². The van der Waals surface area contributed by atoms with Gasteiger partial charge >= 0.3 is 5.97 Å². The summed E-state index contributed by atoms with van der Waals surface area (Å²) >= 11 is 0. The topological polar surface area (TPSA) is 99.8 Å². The number of ketones is 1. The van der Waals surface area contributed by atoms with Gasteiger partial charge in [-0.05, 0) is 37.8 Å². The normalized spacial score (nSPS) is 25.3. The van der Waals surface area contributed by atoms with Crippen molar-refractivity contribution in [1.82, 2.24) is 9.88 Å². The summed E-state index contributed by atoms with van der Waals surface area (Å²) in [5, 5.41) is 9.18. The van der Waals surface area contributed by atoms with Crippen LogP contribution in [-0.2, 0) is 9.59 Å². The summed E-state index contributed by atoms with van der Waals surface area (Å²) in [6, 6.07) is 4.05. The molecule has 0 spiro atoms. The molecule has 1 aromatic heterocycles. The SMILES string of the molecule is Cl.Cl.N[C@]1(C(=O)O)CC[C@H](C(=O)CCN2CCN(c3ccncc3)CC2)CC1. The van der Waals surface area contributed by atoms with Crippen LogP contribution in [0.25, 0.3) is 0 Å². The number of pyridine rings is 1. The fourth-order valence-electron chi connectivity index (χ4n) is 3.93. The third-order valence-electron chi connectivity index (χ3n) is 5.83. The van der Waals surface area contributed by atoms with Crippen molar-refractivity contribution in [2.45, 2.75) is 37.6 Å². The monoisotopic (exact) mass is 432 g/mol. The van der Waals surface area contributed by atoms with Crippen LogP contribution in [0.4, 0.5) is 5.69 Å². The van der Waals surface area contributed by atoms with Gasteiger partial charge in [0.15, 0.2) is 0 Å². The van der Waals surface area contributed by atoms with Gasteiger partial charge in [-0.3, -0.25) is 19.5 Å². The Morgan fingerprint density at radius 2 is 1.68 bits per heavy atom. The van der Waals surface area contributed by atoms with E-state index in [1.54, 1.807) is 0 Å². The Kier molecular flexibility index (Phi) is 9.63. The number of hydrogen-bond donors (Lipinski definition) is 2. The van der Waals surface area contributed by atoms with Crippen LogP contribution in [-0.4, -0.2) is 65.0 Å². The molecule has 3 N–H and O–H groups in total. The molecule has 0 atom stereocenters. The Bertz CT molecular complexity index is 631. The van der Waals surface area contributed by atoms with E-state index in [-0.39, 0.29) is 36.5 Å². The van der Waals surface area contributed by atoms with Crippen molar-refractivity contribution >= 4 is 42.3 Å². The number of hydrogen-bond acceptors (Lipinski definition) is 6. The Morgan fingerprint density at radius 1 is 1.11 bits per heavy atom. The molecular weight excluding hydrogens is 403 g/mol. The van der Waals surface area contributed by atoms with E-state index in [0.717, 1.165) is 32.7 Å². The summed E-state index contributed by atoms with van der Waals surface area (Å²) in [4.78, 5) is 32.4. The van der Waals surface area contributed by atoms with E-state index in [1.807, 2.05) is 24.5 Å². The number of piperazine rings is 1. The summed E-state index contributed by atoms with van der Waals surface area (Å²) in [5.41, 5.74) is 5.95. The second kappa shape index (κ2) is 11.0. The number of carbonyl (C=O) groups is 2. The zero-order valence-electron chi connectivity index (χ0n) is 16.0. The van der Waals surface area contributed by atoms with Crippen molar-refractivity contribution < 1.29 is 14.7 Å². The van der Waals surface area contributed by atoms with Gasteiger partial charge in [-0.1, -0.05) is 0 Å². The molecule has 1 saturated carbocycles. The smallest absolute Gasteiger partial charge is 0.323 e. The molecule has 2 aliphatic rings. The molecule has 0 amide bonds. The number of carbonyl (C=O) groups excluding carboxylic acids is 1. The number of carboxylic acids is 1. The van der Waals surface area contributed by atoms with Gasteiger partial charge in [0, 0.05) is 63.1 Å². The van der Waals surface area contributed by atoms with Gasteiger partial charge in [-0.25, -0.2) is 0 Å². The van der Waals surface area contributed by atoms with Gasteiger partial charge in [0.1, 0.15) is 11.3 Å². The maximum atomic E-state index is 12.5. The molecule has 2 fully saturated rings. The molecule has 7 nitrogen and oxygen atoms in total. The second-order valence-corrected chi connectivity index (χ2v) is 7.49. The van der Waals surface area contributed by atoms with E-state index >= 15 is 0 Å². The minimum Gasteiger partial charge on any atom is -0.480 e. The minimum absolute atomic E-state index is 0. The van der Waals surface area contributed by atoms with E-state index in [4.69, 9.17) is 5.73 Å². The molecular formula is C19H30Cl2N4O3. The summed E-state index contributed by atoms with van der Waals surface area (Å²) < 4.78 is 0. The highest BCUT2D eigenvalue weighted by molar-refractivity contribution is 5.85. The number of aliphatic carboxylic acids is 1. The lowest BCUT2D eigenvalue weighted by Gasteiger charge is -2.36. The first-order valence-corrected chi connectivity index (χ1v) is 9.40. The maximum absolute atomic E-state index is 12.5. The molecule has 0 bridgehead atoms. The minimum atomic E-state index is -1.14. The third-order valence-corrected chi connectivity index (χ3v) is 5.83. The van der Waals surface area contributed by atoms with Crippen LogP contribution in [0.1, 0.15) is 32.1 Å². The fraction of sp³-hybridized carbons (Fsp3) is 0.632. The Balaban J connectivity index is 0.00000196. The molecule has 0 aromatic carbocycles. The first-order chi connectivity index (χ1) is 12.5. The second-order valence-electron chi connectivity index (χ2n) is 7.49. The van der Waals surface area contributed by atoms with E-state index in [9.17, 15) is 14.7 Å². The van der Waals surface area contributed by atoms with E-state index in [0.29, 0.717) is 32.1 Å². The molecule has 1 saturated heterocycles. The van der Waals surface area contributed by atoms with Gasteiger partial charge in [0.05, 0.1) is 0 Å². The number of Topliss-reactive ketones (excluding diaryl/α,β-unsaturated/α-hetero) is 1. The average molecular weight is 433 g/mol. The summed E-state index contributed by atoms with van der Waals surface area (Å²) in [6.45, 7) is 4.59. The zero-order chi connectivity index (χ0) is 18.6. The lowest BCUT2D eigenvalue weighted by Crippen LogP contribution is -2.51. The van der Waals surface area contributed by atoms with Crippen molar-refractivity contribution in [3.05, 3.63) is 24.5 Å². The number of aromatic nitrogens is 1. The quantitative estimate of drug-likeness (QED) is 0.708. The average Bonchev–Trinajstić information content (AvgIpc) is 2.67. The highest BCUT2D eigenvalue weighted by atomic mass is 35.5. The van der Waals surface area contributed by atoms with Crippen LogP contribution in [0.5, 0.6) is 0 Å². The lowest BCUT2D eigenvalue weighted by atomic mass is 9.75. The van der Waals surface area contributed by atoms with Crippen LogP contribution < -0.4 is 10.6 Å². The van der Waals surface area contributed by atoms with Gasteiger partial charge in [-0.15, -0.1) is 24.8 Å². The van der Waals surface area contributed by atoms with Crippen molar-refractivity contribution in [2.75, 3.05) is 37.6 Å². The van der Waals surface area contributed by atoms with Crippen LogP contribution in [0.15, 0.2) is 24.5 Å². The van der Waals surface area contributed by atoms with Crippen molar-refractivity contribution in [3.63, 3.8) is 0 Å². The Morgan fingerprint density at radius 3 is 2.21 bits per heavy atom. The van der Waals surface area contributed by atoms with Crippen molar-refractivity contribution in [1.29, 1.82) is 0 Å². The van der Waals surface area contributed by atoms with Gasteiger partial charge in [-0.2, -0.15) is 0 Å². The van der Waals surface area contributed by atoms with Crippen molar-refractivity contribution in [2.24, 2.45) is 11.7 Å². The summed E-state index contributed by atoms with van der Waals surface area (Å²) in [5.74, 6) is -0.714. The van der Waals surface area contributed by atoms with E-state index in [2.05, 4.69) is 14.8 Å². The van der Waals surface area contributed by atoms with Gasteiger partial charge < -0.3 is 15.7 Å². The molecule has 158 valence electrons. The predicted molar refractivity (Wildman–Crippen MR) is 114 cm³/mol. The number of rotatable bonds is 6. The number of nitrogens with two attached hydrogens (primary N) is 1. The molecule has 9 heteroatoms. The number of carboxylic acid groups (broad SMARTS) is 1. The predicted octanol–water partition coefficient (Wildman–Crippen LogP) is 1.98. The lowest BCUT2D eigenvalue weighted by molar-refractivity contribution is -0.145. The van der Waals surface area contributed by atoms with Gasteiger partial charge in [0.2, 0.25) is 0 Å². The molecule has 1 aromatic rings. The Labute approximate surface area is 178 Å². The standard InChI is InChI=1S/C19H28N4O3.2ClH/c20-19(18(25)26)6-1-15(2-7-19)17(24)5-10-22-11-13-23(14-12-22)16-3-8-21-9-4-16;;/h3-4,8-9,15H,1-2,5-7,10-14,20H2,(H,25,26);2*1H/t15-,19+;;. The third kappa shape index (κ3) is 6.04. The van der Waals surface area contributed by atoms with E-state index in [1.165, 1.54) is 5.69 Å². The zero-order valence-corrected chi connectivity index (χ0v) is 17.6. The summed E-state index contributed by atoms with van der Waals surface area (Å²) in [6.07, 6.45) is 6.14. The molecule has 28 heavy (non-hydrogen) atoms. The van der Waals surface area contributed by atoms with Crippen LogP contribution in [0, 0.1) is 5.92 Å². The number of nitrogens with zero attached hydrogens (tertiary/aromatic N) is 3.